The molecule has 0 rings (SSSR count). The lowest BCUT2D eigenvalue weighted by molar-refractivity contribution is -0.177. The molecular formula is C12H14Br4F8O. The van der Waals surface area contributed by atoms with Crippen LogP contribution in [0.1, 0.15) is 38.5 Å². The predicted octanol–water partition coefficient (Wildman–Crippen LogP) is 8.03. The van der Waals surface area contributed by atoms with Crippen LogP contribution < -0.4 is 0 Å². The molecule has 0 aromatic carbocycles. The number of halogens is 12. The van der Waals surface area contributed by atoms with Gasteiger partial charge in [0.1, 0.15) is 0 Å². The molecule has 152 valence electrons. The number of hydrogen-bond donors (Lipinski definition) is 0. The normalized spacial score (nSPS) is 14.6. The van der Waals surface area contributed by atoms with E-state index in [9.17, 15) is 35.1 Å². The molecular weight excluding hydrogens is 632 g/mol. The monoisotopic (exact) mass is 642 g/mol. The Bertz CT molecular complexity index is 371. The van der Waals surface area contributed by atoms with Crippen LogP contribution in [-0.4, -0.2) is 31.5 Å². The number of hydrogen-bond acceptors (Lipinski definition) is 1. The molecule has 0 bridgehead atoms. The largest absolute Gasteiger partial charge is 0.314 e. The summed E-state index contributed by atoms with van der Waals surface area (Å²) in [6, 6.07) is 0. The van der Waals surface area contributed by atoms with Crippen molar-refractivity contribution >= 4 is 63.7 Å². The second-order valence-electron chi connectivity index (χ2n) is 5.11. The van der Waals surface area contributed by atoms with Gasteiger partial charge in [-0.3, -0.25) is 0 Å². The molecule has 0 aliphatic carbocycles. The van der Waals surface area contributed by atoms with E-state index < -0.39 is 70.1 Å². The van der Waals surface area contributed by atoms with Gasteiger partial charge in [0.2, 0.25) is 19.7 Å². The summed E-state index contributed by atoms with van der Waals surface area (Å²) in [6.45, 7) is 0. The fraction of sp³-hybridized carbons (Fsp3) is 1.00. The Hall–Kier alpha value is 1.32. The molecule has 0 unspecified atom stereocenters. The summed E-state index contributed by atoms with van der Waals surface area (Å²) in [5.41, 5.74) is 0. The smallest absolute Gasteiger partial charge is 0.296 e. The maximum absolute atomic E-state index is 14.1. The molecule has 0 aromatic rings. The third kappa shape index (κ3) is 8.91. The Labute approximate surface area is 173 Å². The Morgan fingerprint density at radius 2 is 0.920 bits per heavy atom. The molecule has 0 aliphatic rings. The van der Waals surface area contributed by atoms with Gasteiger partial charge in [0.15, 0.2) is 0 Å². The average molecular weight is 646 g/mol. The quantitative estimate of drug-likeness (QED) is 0.154. The van der Waals surface area contributed by atoms with Crippen LogP contribution in [0, 0.1) is 0 Å². The highest BCUT2D eigenvalue weighted by atomic mass is 79.9. The van der Waals surface area contributed by atoms with Crippen molar-refractivity contribution in [2.24, 2.45) is 0 Å². The summed E-state index contributed by atoms with van der Waals surface area (Å²) in [4.78, 5) is 0. The lowest BCUT2D eigenvalue weighted by Gasteiger charge is -2.39. The maximum Gasteiger partial charge on any atom is 0.296 e. The van der Waals surface area contributed by atoms with E-state index in [4.69, 9.17) is 0 Å². The standard InChI is InChI=1S/C12H14Br4F8O/c13-11(14,9(21,22)5-1-3-7(17)18)25-12(15,16)10(23,24)6-2-4-8(19)20/h7-8H,1-6H2. The Balaban J connectivity index is 4.96. The van der Waals surface area contributed by atoms with Crippen LogP contribution in [0.15, 0.2) is 0 Å². The van der Waals surface area contributed by atoms with Gasteiger partial charge in [0.25, 0.3) is 11.8 Å². The summed E-state index contributed by atoms with van der Waals surface area (Å²) in [6.07, 6.45) is -10.4. The highest BCUT2D eigenvalue weighted by molar-refractivity contribution is 9.26. The highest BCUT2D eigenvalue weighted by Crippen LogP contribution is 2.55. The van der Waals surface area contributed by atoms with E-state index in [1.54, 1.807) is 0 Å². The van der Waals surface area contributed by atoms with Crippen LogP contribution >= 0.6 is 63.7 Å². The second-order valence-corrected chi connectivity index (χ2v) is 11.7. The van der Waals surface area contributed by atoms with E-state index in [-0.39, 0.29) is 0 Å². The summed E-state index contributed by atoms with van der Waals surface area (Å²) < 4.78 is 104. The first-order valence-electron chi connectivity index (χ1n) is 6.82. The minimum Gasteiger partial charge on any atom is -0.314 e. The molecule has 0 aromatic heterocycles. The molecule has 0 saturated heterocycles. The lowest BCUT2D eigenvalue weighted by atomic mass is 10.1. The zero-order valence-electron chi connectivity index (χ0n) is 12.3. The van der Waals surface area contributed by atoms with Crippen molar-refractivity contribution in [3.63, 3.8) is 0 Å². The first kappa shape index (κ1) is 26.3. The van der Waals surface area contributed by atoms with Crippen molar-refractivity contribution in [3.05, 3.63) is 0 Å². The van der Waals surface area contributed by atoms with E-state index in [1.807, 2.05) is 0 Å². The molecule has 25 heavy (non-hydrogen) atoms. The van der Waals surface area contributed by atoms with E-state index in [2.05, 4.69) is 68.5 Å². The molecule has 0 atom stereocenters. The first-order valence-corrected chi connectivity index (χ1v) is 9.99. The number of alkyl halides is 12. The van der Waals surface area contributed by atoms with Crippen LogP contribution in [0.25, 0.3) is 0 Å². The zero-order chi connectivity index (χ0) is 20.1. The summed E-state index contributed by atoms with van der Waals surface area (Å²) in [5, 5.41) is 0. The molecule has 1 nitrogen and oxygen atoms in total. The van der Waals surface area contributed by atoms with Gasteiger partial charge in [-0.25, -0.2) is 35.1 Å². The first-order chi connectivity index (χ1) is 11.0. The van der Waals surface area contributed by atoms with Crippen LogP contribution in [0.3, 0.4) is 0 Å². The third-order valence-electron chi connectivity index (χ3n) is 2.93. The van der Waals surface area contributed by atoms with E-state index in [0.29, 0.717) is 0 Å². The van der Waals surface area contributed by atoms with Crippen LogP contribution in [-0.2, 0) is 4.74 Å². The van der Waals surface area contributed by atoms with E-state index in [1.165, 1.54) is 0 Å². The van der Waals surface area contributed by atoms with Gasteiger partial charge in [0, 0.05) is 25.7 Å². The minimum atomic E-state index is -3.84. The van der Waals surface area contributed by atoms with Gasteiger partial charge >= 0.3 is 0 Å². The topological polar surface area (TPSA) is 9.23 Å². The molecule has 0 fully saturated rings. The van der Waals surface area contributed by atoms with E-state index >= 15 is 0 Å². The van der Waals surface area contributed by atoms with Crippen molar-refractivity contribution < 1.29 is 39.9 Å². The molecule has 0 heterocycles. The van der Waals surface area contributed by atoms with E-state index in [0.717, 1.165) is 0 Å². The summed E-state index contributed by atoms with van der Waals surface area (Å²) in [5.74, 6) is -7.68. The molecule has 0 radical (unpaired) electrons. The van der Waals surface area contributed by atoms with Gasteiger partial charge in [-0.05, 0) is 76.6 Å². The number of rotatable bonds is 12. The van der Waals surface area contributed by atoms with Gasteiger partial charge in [-0.1, -0.05) is 0 Å². The number of ether oxygens (including phenoxy) is 1. The second kappa shape index (κ2) is 10.2. The third-order valence-corrected chi connectivity index (χ3v) is 5.90. The fourth-order valence-electron chi connectivity index (χ4n) is 1.56. The SMILES string of the molecule is FC(F)CCCC(F)(F)C(Br)(Br)OC(Br)(Br)C(F)(F)CCCC(F)F. The Kier molecular flexibility index (Phi) is 10.7. The van der Waals surface area contributed by atoms with Crippen molar-refractivity contribution in [3.8, 4) is 0 Å². The summed E-state index contributed by atoms with van der Waals surface area (Å²) >= 11 is 9.74. The Morgan fingerprint density at radius 1 is 0.640 bits per heavy atom. The van der Waals surface area contributed by atoms with Gasteiger partial charge in [-0.15, -0.1) is 0 Å². The lowest BCUT2D eigenvalue weighted by Crippen LogP contribution is -2.50. The van der Waals surface area contributed by atoms with Crippen molar-refractivity contribution in [1.29, 1.82) is 0 Å². The van der Waals surface area contributed by atoms with Crippen molar-refractivity contribution in [2.75, 3.05) is 0 Å². The summed E-state index contributed by atoms with van der Waals surface area (Å²) in [7, 11) is 0. The fourth-order valence-corrected chi connectivity index (χ4v) is 4.19. The zero-order valence-corrected chi connectivity index (χ0v) is 18.7. The van der Waals surface area contributed by atoms with Gasteiger partial charge < -0.3 is 4.74 Å². The van der Waals surface area contributed by atoms with Gasteiger partial charge in [-0.2, -0.15) is 0 Å². The van der Waals surface area contributed by atoms with Crippen molar-refractivity contribution in [1.82, 2.24) is 0 Å². The van der Waals surface area contributed by atoms with Crippen LogP contribution in [0.5, 0.6) is 0 Å². The average Bonchev–Trinajstić information content (AvgIpc) is 2.35. The molecule has 0 amide bonds. The maximum atomic E-state index is 14.1. The molecule has 13 heteroatoms. The molecule has 0 saturated carbocycles. The van der Waals surface area contributed by atoms with Crippen LogP contribution in [0.4, 0.5) is 35.1 Å². The van der Waals surface area contributed by atoms with Crippen LogP contribution in [0.2, 0.25) is 0 Å². The van der Waals surface area contributed by atoms with Crippen molar-refractivity contribution in [2.45, 2.75) is 70.1 Å². The molecule has 0 aliphatic heterocycles. The molecule has 0 spiro atoms. The molecule has 0 N–H and O–H groups in total. The Morgan fingerprint density at radius 3 is 1.16 bits per heavy atom. The highest BCUT2D eigenvalue weighted by Gasteiger charge is 2.61. The predicted molar refractivity (Wildman–Crippen MR) is 91.9 cm³/mol. The minimum absolute atomic E-state index is 0.574. The van der Waals surface area contributed by atoms with Gasteiger partial charge in [0.05, 0.1) is 0 Å².